The normalized spacial score (nSPS) is 10.9. The van der Waals surface area contributed by atoms with E-state index in [1.165, 1.54) is 0 Å². The van der Waals surface area contributed by atoms with E-state index in [9.17, 15) is 0 Å². The summed E-state index contributed by atoms with van der Waals surface area (Å²) in [4.78, 5) is 4.01. The molecule has 2 heterocycles. The van der Waals surface area contributed by atoms with Crippen molar-refractivity contribution in [1.29, 1.82) is 0 Å². The molecule has 92 valence electrons. The molecule has 4 nitrogen and oxygen atoms in total. The van der Waals surface area contributed by atoms with Crippen LogP contribution in [0.5, 0.6) is 0 Å². The number of nitrogens with zero attached hydrogens (tertiary/aromatic N) is 2. The Bertz CT molecular complexity index is 425. The summed E-state index contributed by atoms with van der Waals surface area (Å²) in [5.41, 5.74) is 0. The van der Waals surface area contributed by atoms with Crippen molar-refractivity contribution < 1.29 is 4.42 Å². The Hall–Kier alpha value is -1.07. The van der Waals surface area contributed by atoms with Crippen LogP contribution in [0.2, 0.25) is 0 Å². The van der Waals surface area contributed by atoms with Crippen LogP contribution >= 0.6 is 15.9 Å². The second-order valence-electron chi connectivity index (χ2n) is 3.89. The Labute approximate surface area is 109 Å². The summed E-state index contributed by atoms with van der Waals surface area (Å²) in [5, 5.41) is 3.36. The number of imidazole rings is 1. The van der Waals surface area contributed by atoms with Gasteiger partial charge in [-0.1, -0.05) is 0 Å². The lowest BCUT2D eigenvalue weighted by Gasteiger charge is -2.03. The van der Waals surface area contributed by atoms with Gasteiger partial charge < -0.3 is 14.3 Å². The average Bonchev–Trinajstić information content (AvgIpc) is 2.95. The number of hydrogen-bond donors (Lipinski definition) is 1. The van der Waals surface area contributed by atoms with E-state index in [1.54, 1.807) is 0 Å². The summed E-state index contributed by atoms with van der Waals surface area (Å²) in [6.45, 7) is 2.83. The first-order valence-corrected chi connectivity index (χ1v) is 6.54. The van der Waals surface area contributed by atoms with Gasteiger partial charge in [-0.05, 0) is 47.4 Å². The molecular formula is C12H16BrN3O. The van der Waals surface area contributed by atoms with Gasteiger partial charge in [0.25, 0.3) is 0 Å². The summed E-state index contributed by atoms with van der Waals surface area (Å²) < 4.78 is 8.28. The summed E-state index contributed by atoms with van der Waals surface area (Å²) in [5.74, 6) is 0.964. The lowest BCUT2D eigenvalue weighted by molar-refractivity contribution is 0.460. The number of aromatic nitrogens is 2. The Morgan fingerprint density at radius 3 is 3.00 bits per heavy atom. The fourth-order valence-electron chi connectivity index (χ4n) is 1.62. The molecule has 2 aromatic heterocycles. The van der Waals surface area contributed by atoms with E-state index in [0.717, 1.165) is 42.9 Å². The fraction of sp³-hybridized carbons (Fsp3) is 0.417. The minimum atomic E-state index is 0.786. The van der Waals surface area contributed by atoms with E-state index in [-0.39, 0.29) is 0 Å². The molecule has 5 heteroatoms. The quantitative estimate of drug-likeness (QED) is 0.799. The number of nitrogens with one attached hydrogen (secondary N) is 1. The number of rotatable bonds is 7. The van der Waals surface area contributed by atoms with Crippen molar-refractivity contribution in [3.63, 3.8) is 0 Å². The monoisotopic (exact) mass is 297 g/mol. The van der Waals surface area contributed by atoms with Crippen molar-refractivity contribution in [2.75, 3.05) is 6.54 Å². The van der Waals surface area contributed by atoms with Crippen LogP contribution in [-0.4, -0.2) is 16.1 Å². The summed E-state index contributed by atoms with van der Waals surface area (Å²) in [6.07, 6.45) is 7.97. The molecule has 0 saturated heterocycles. The zero-order chi connectivity index (χ0) is 11.9. The zero-order valence-corrected chi connectivity index (χ0v) is 11.2. The predicted octanol–water partition coefficient (Wildman–Crippen LogP) is 2.81. The summed E-state index contributed by atoms with van der Waals surface area (Å²) >= 11 is 3.28. The minimum absolute atomic E-state index is 0.786. The third kappa shape index (κ3) is 4.36. The van der Waals surface area contributed by atoms with Gasteiger partial charge in [0.2, 0.25) is 0 Å². The highest BCUT2D eigenvalue weighted by atomic mass is 79.9. The van der Waals surface area contributed by atoms with Gasteiger partial charge in [-0.2, -0.15) is 0 Å². The molecule has 0 saturated carbocycles. The summed E-state index contributed by atoms with van der Waals surface area (Å²) in [7, 11) is 0. The molecule has 17 heavy (non-hydrogen) atoms. The fourth-order valence-corrected chi connectivity index (χ4v) is 1.96. The van der Waals surface area contributed by atoms with E-state index in [1.807, 2.05) is 30.9 Å². The van der Waals surface area contributed by atoms with E-state index < -0.39 is 0 Å². The van der Waals surface area contributed by atoms with Gasteiger partial charge in [-0.25, -0.2) is 4.98 Å². The molecule has 0 aliphatic heterocycles. The molecule has 0 radical (unpaired) electrons. The third-order valence-electron chi connectivity index (χ3n) is 2.51. The van der Waals surface area contributed by atoms with Gasteiger partial charge >= 0.3 is 0 Å². The lowest BCUT2D eigenvalue weighted by Crippen LogP contribution is -2.14. The first kappa shape index (κ1) is 12.4. The molecule has 0 bridgehead atoms. The van der Waals surface area contributed by atoms with E-state index in [0.29, 0.717) is 0 Å². The molecule has 0 atom stereocenters. The van der Waals surface area contributed by atoms with Crippen LogP contribution in [0.25, 0.3) is 0 Å². The standard InChI is InChI=1S/C12H16BrN3O/c13-12-4-3-11(17-12)9-14-5-1-2-7-16-8-6-15-10-16/h3-4,6,8,10,14H,1-2,5,7,9H2. The molecule has 1 N–H and O–H groups in total. The van der Waals surface area contributed by atoms with Crippen molar-refractivity contribution in [3.8, 4) is 0 Å². The van der Waals surface area contributed by atoms with Crippen LogP contribution in [0.15, 0.2) is 39.9 Å². The summed E-state index contributed by atoms with van der Waals surface area (Å²) in [6, 6.07) is 3.89. The van der Waals surface area contributed by atoms with Gasteiger partial charge in [-0.15, -0.1) is 0 Å². The van der Waals surface area contributed by atoms with Gasteiger partial charge in [-0.3, -0.25) is 0 Å². The van der Waals surface area contributed by atoms with E-state index >= 15 is 0 Å². The maximum Gasteiger partial charge on any atom is 0.169 e. The van der Waals surface area contributed by atoms with Crippen molar-refractivity contribution >= 4 is 15.9 Å². The second-order valence-corrected chi connectivity index (χ2v) is 4.67. The predicted molar refractivity (Wildman–Crippen MR) is 69.6 cm³/mol. The Morgan fingerprint density at radius 1 is 1.35 bits per heavy atom. The molecule has 0 unspecified atom stereocenters. The number of aryl methyl sites for hydroxylation is 1. The largest absolute Gasteiger partial charge is 0.453 e. The second kappa shape index (κ2) is 6.61. The Kier molecular flexibility index (Phi) is 4.82. The minimum Gasteiger partial charge on any atom is -0.453 e. The highest BCUT2D eigenvalue weighted by Gasteiger charge is 1.98. The van der Waals surface area contributed by atoms with Crippen molar-refractivity contribution in [3.05, 3.63) is 41.3 Å². The van der Waals surface area contributed by atoms with Crippen molar-refractivity contribution in [2.24, 2.45) is 0 Å². The average molecular weight is 298 g/mol. The Balaban J connectivity index is 1.52. The lowest BCUT2D eigenvalue weighted by atomic mass is 10.3. The molecule has 2 rings (SSSR count). The Morgan fingerprint density at radius 2 is 2.29 bits per heavy atom. The third-order valence-corrected chi connectivity index (χ3v) is 2.93. The maximum atomic E-state index is 5.39. The molecule has 0 aromatic carbocycles. The van der Waals surface area contributed by atoms with E-state index in [2.05, 4.69) is 30.8 Å². The smallest absolute Gasteiger partial charge is 0.169 e. The molecule has 0 fully saturated rings. The number of halogens is 1. The highest BCUT2D eigenvalue weighted by Crippen LogP contribution is 2.13. The van der Waals surface area contributed by atoms with Crippen LogP contribution in [0, 0.1) is 0 Å². The zero-order valence-electron chi connectivity index (χ0n) is 9.60. The molecule has 0 spiro atoms. The number of unbranched alkanes of at least 4 members (excludes halogenated alkanes) is 1. The topological polar surface area (TPSA) is 43.0 Å². The number of hydrogen-bond acceptors (Lipinski definition) is 3. The molecule has 0 aliphatic carbocycles. The highest BCUT2D eigenvalue weighted by molar-refractivity contribution is 9.10. The van der Waals surface area contributed by atoms with Crippen molar-refractivity contribution in [1.82, 2.24) is 14.9 Å². The molecular weight excluding hydrogens is 282 g/mol. The van der Waals surface area contributed by atoms with Gasteiger partial charge in [0.1, 0.15) is 5.76 Å². The molecule has 0 aliphatic rings. The molecule has 0 amide bonds. The van der Waals surface area contributed by atoms with Crippen LogP contribution < -0.4 is 5.32 Å². The number of furan rings is 1. The molecule has 2 aromatic rings. The van der Waals surface area contributed by atoms with Crippen LogP contribution in [0.3, 0.4) is 0 Å². The maximum absolute atomic E-state index is 5.39. The van der Waals surface area contributed by atoms with Crippen LogP contribution in [-0.2, 0) is 13.1 Å². The first-order chi connectivity index (χ1) is 8.34. The SMILES string of the molecule is Brc1ccc(CNCCCCn2ccnc2)o1. The van der Waals surface area contributed by atoms with Gasteiger partial charge in [0.15, 0.2) is 4.67 Å². The van der Waals surface area contributed by atoms with Crippen molar-refractivity contribution in [2.45, 2.75) is 25.9 Å². The van der Waals surface area contributed by atoms with Gasteiger partial charge in [0.05, 0.1) is 12.9 Å². The van der Waals surface area contributed by atoms with Crippen LogP contribution in [0.1, 0.15) is 18.6 Å². The van der Waals surface area contributed by atoms with Gasteiger partial charge in [0, 0.05) is 18.9 Å². The van der Waals surface area contributed by atoms with Crippen LogP contribution in [0.4, 0.5) is 0 Å². The van der Waals surface area contributed by atoms with E-state index in [4.69, 9.17) is 4.42 Å². The first-order valence-electron chi connectivity index (χ1n) is 5.75.